The van der Waals surface area contributed by atoms with Gasteiger partial charge in [0.05, 0.1) is 24.3 Å². The Morgan fingerprint density at radius 2 is 2.53 bits per heavy atom. The number of nitrogens with zero attached hydrogens (tertiary/aromatic N) is 1. The fraction of sp³-hybridized carbons (Fsp3) is 0.667. The molecule has 0 radical (unpaired) electrons. The van der Waals surface area contributed by atoms with Crippen molar-refractivity contribution >= 4 is 22.9 Å². The molecule has 1 saturated heterocycles. The van der Waals surface area contributed by atoms with Crippen LogP contribution in [0.15, 0.2) is 11.4 Å². The van der Waals surface area contributed by atoms with Crippen LogP contribution in [-0.4, -0.2) is 41.9 Å². The Morgan fingerprint density at radius 3 is 3.18 bits per heavy atom. The highest BCUT2D eigenvalue weighted by atomic mass is 35.5. The highest BCUT2D eigenvalue weighted by Crippen LogP contribution is 2.25. The van der Waals surface area contributed by atoms with Crippen molar-refractivity contribution in [2.24, 2.45) is 0 Å². The SMILES string of the molecule is C[C@H](O)C[C@@H]1COCCN1Cc1sccc1Cl. The Balaban J connectivity index is 1.99. The number of hydrogen-bond donors (Lipinski definition) is 1. The van der Waals surface area contributed by atoms with Crippen LogP contribution >= 0.6 is 22.9 Å². The van der Waals surface area contributed by atoms with Gasteiger partial charge < -0.3 is 9.84 Å². The minimum atomic E-state index is -0.289. The molecule has 0 spiro atoms. The third-order valence-corrected chi connectivity index (χ3v) is 4.37. The van der Waals surface area contributed by atoms with Gasteiger partial charge in [0.2, 0.25) is 0 Å². The van der Waals surface area contributed by atoms with E-state index in [0.717, 1.165) is 31.1 Å². The second-order valence-corrected chi connectivity index (χ2v) is 5.88. The van der Waals surface area contributed by atoms with Gasteiger partial charge in [-0.3, -0.25) is 4.90 Å². The first-order valence-electron chi connectivity index (χ1n) is 5.88. The third-order valence-electron chi connectivity index (χ3n) is 3.00. The van der Waals surface area contributed by atoms with Crippen molar-refractivity contribution in [1.82, 2.24) is 4.90 Å². The molecule has 1 fully saturated rings. The molecule has 0 bridgehead atoms. The fourth-order valence-corrected chi connectivity index (χ4v) is 3.25. The van der Waals surface area contributed by atoms with Crippen LogP contribution in [0.2, 0.25) is 5.02 Å². The van der Waals surface area contributed by atoms with Gasteiger partial charge in [-0.1, -0.05) is 11.6 Å². The summed E-state index contributed by atoms with van der Waals surface area (Å²) in [5.41, 5.74) is 0. The van der Waals surface area contributed by atoms with Crippen LogP contribution in [0.4, 0.5) is 0 Å². The molecule has 0 saturated carbocycles. The number of ether oxygens (including phenoxy) is 1. The molecule has 0 amide bonds. The van der Waals surface area contributed by atoms with E-state index in [9.17, 15) is 5.11 Å². The topological polar surface area (TPSA) is 32.7 Å². The predicted octanol–water partition coefficient (Wildman–Crippen LogP) is 2.37. The maximum absolute atomic E-state index is 9.50. The number of halogens is 1. The molecule has 1 aromatic heterocycles. The highest BCUT2D eigenvalue weighted by Gasteiger charge is 2.25. The Hall–Kier alpha value is -0.130. The summed E-state index contributed by atoms with van der Waals surface area (Å²) in [7, 11) is 0. The van der Waals surface area contributed by atoms with Gasteiger partial charge >= 0.3 is 0 Å². The number of thiophene rings is 1. The van der Waals surface area contributed by atoms with Crippen molar-refractivity contribution in [3.63, 3.8) is 0 Å². The molecule has 1 N–H and O–H groups in total. The van der Waals surface area contributed by atoms with Crippen LogP contribution in [-0.2, 0) is 11.3 Å². The number of aliphatic hydroxyl groups is 1. The fourth-order valence-electron chi connectivity index (χ4n) is 2.13. The first kappa shape index (κ1) is 13.3. The lowest BCUT2D eigenvalue weighted by Crippen LogP contribution is -2.46. The summed E-state index contributed by atoms with van der Waals surface area (Å²) in [4.78, 5) is 3.55. The van der Waals surface area contributed by atoms with E-state index in [1.165, 1.54) is 4.88 Å². The molecule has 1 aliphatic rings. The Bertz CT molecular complexity index is 356. The third kappa shape index (κ3) is 3.66. The minimum Gasteiger partial charge on any atom is -0.393 e. The van der Waals surface area contributed by atoms with Gasteiger partial charge in [-0.05, 0) is 24.8 Å². The van der Waals surface area contributed by atoms with E-state index < -0.39 is 0 Å². The minimum absolute atomic E-state index is 0.289. The quantitative estimate of drug-likeness (QED) is 0.916. The maximum atomic E-state index is 9.50. The number of hydrogen-bond acceptors (Lipinski definition) is 4. The molecular weight excluding hydrogens is 258 g/mol. The summed E-state index contributed by atoms with van der Waals surface area (Å²) in [6.45, 7) is 5.06. The van der Waals surface area contributed by atoms with Gasteiger partial charge in [-0.25, -0.2) is 0 Å². The first-order chi connectivity index (χ1) is 8.16. The molecule has 2 atom stereocenters. The van der Waals surface area contributed by atoms with E-state index in [-0.39, 0.29) is 6.10 Å². The van der Waals surface area contributed by atoms with Gasteiger partial charge in [-0.2, -0.15) is 0 Å². The Morgan fingerprint density at radius 1 is 1.71 bits per heavy atom. The zero-order valence-electron chi connectivity index (χ0n) is 9.93. The summed E-state index contributed by atoms with van der Waals surface area (Å²) in [6, 6.07) is 2.23. The molecule has 0 aromatic carbocycles. The second kappa shape index (κ2) is 6.16. The first-order valence-corrected chi connectivity index (χ1v) is 7.14. The molecular formula is C12H18ClNO2S. The lowest BCUT2D eigenvalue weighted by Gasteiger charge is -2.36. The monoisotopic (exact) mass is 275 g/mol. The largest absolute Gasteiger partial charge is 0.393 e. The van der Waals surface area contributed by atoms with Crippen LogP contribution in [0.1, 0.15) is 18.2 Å². The number of morpholine rings is 1. The van der Waals surface area contributed by atoms with Crippen molar-refractivity contribution < 1.29 is 9.84 Å². The van der Waals surface area contributed by atoms with E-state index in [4.69, 9.17) is 16.3 Å². The average Bonchev–Trinajstić information content (AvgIpc) is 2.67. The van der Waals surface area contributed by atoms with Gasteiger partial charge in [0.25, 0.3) is 0 Å². The van der Waals surface area contributed by atoms with E-state index >= 15 is 0 Å². The van der Waals surface area contributed by atoms with E-state index in [1.807, 2.05) is 18.4 Å². The summed E-state index contributed by atoms with van der Waals surface area (Å²) in [5, 5.41) is 12.4. The Kier molecular flexibility index (Phi) is 4.82. The summed E-state index contributed by atoms with van der Waals surface area (Å²) < 4.78 is 5.48. The van der Waals surface area contributed by atoms with Crippen molar-refractivity contribution in [1.29, 1.82) is 0 Å². The van der Waals surface area contributed by atoms with Crippen molar-refractivity contribution in [2.75, 3.05) is 19.8 Å². The summed E-state index contributed by atoms with van der Waals surface area (Å²) in [5.74, 6) is 0. The number of rotatable bonds is 4. The molecule has 0 unspecified atom stereocenters. The lowest BCUT2D eigenvalue weighted by atomic mass is 10.1. The van der Waals surface area contributed by atoms with Crippen molar-refractivity contribution in [3.8, 4) is 0 Å². The van der Waals surface area contributed by atoms with Crippen LogP contribution in [0.5, 0.6) is 0 Å². The van der Waals surface area contributed by atoms with Crippen LogP contribution in [0, 0.1) is 0 Å². The van der Waals surface area contributed by atoms with E-state index in [0.29, 0.717) is 12.6 Å². The van der Waals surface area contributed by atoms with Crippen LogP contribution < -0.4 is 0 Å². The van der Waals surface area contributed by atoms with Crippen molar-refractivity contribution in [2.45, 2.75) is 32.0 Å². The van der Waals surface area contributed by atoms with E-state index in [2.05, 4.69) is 4.90 Å². The molecule has 1 aliphatic heterocycles. The number of aliphatic hydroxyl groups excluding tert-OH is 1. The normalized spacial score (nSPS) is 23.8. The van der Waals surface area contributed by atoms with E-state index in [1.54, 1.807) is 11.3 Å². The molecule has 0 aliphatic carbocycles. The standard InChI is InChI=1S/C12H18ClNO2S/c1-9(15)6-10-8-16-4-3-14(10)7-12-11(13)2-5-17-12/h2,5,9-10,15H,3-4,6-8H2,1H3/t9-,10+/m0/s1. The molecule has 2 rings (SSSR count). The zero-order valence-corrected chi connectivity index (χ0v) is 11.5. The van der Waals surface area contributed by atoms with Crippen LogP contribution in [0.3, 0.4) is 0 Å². The maximum Gasteiger partial charge on any atom is 0.0623 e. The second-order valence-electron chi connectivity index (χ2n) is 4.48. The smallest absolute Gasteiger partial charge is 0.0623 e. The van der Waals surface area contributed by atoms with Gasteiger partial charge in [-0.15, -0.1) is 11.3 Å². The molecule has 1 aromatic rings. The average molecular weight is 276 g/mol. The molecule has 2 heterocycles. The summed E-state index contributed by atoms with van der Waals surface area (Å²) >= 11 is 7.80. The van der Waals surface area contributed by atoms with Crippen LogP contribution in [0.25, 0.3) is 0 Å². The lowest BCUT2D eigenvalue weighted by molar-refractivity contribution is -0.0272. The highest BCUT2D eigenvalue weighted by molar-refractivity contribution is 7.10. The molecule has 17 heavy (non-hydrogen) atoms. The zero-order chi connectivity index (χ0) is 12.3. The summed E-state index contributed by atoms with van der Waals surface area (Å²) in [6.07, 6.45) is 0.464. The predicted molar refractivity (Wildman–Crippen MR) is 70.6 cm³/mol. The molecule has 3 nitrogen and oxygen atoms in total. The molecule has 5 heteroatoms. The van der Waals surface area contributed by atoms with Crippen molar-refractivity contribution in [3.05, 3.63) is 21.3 Å². The van der Waals surface area contributed by atoms with Gasteiger partial charge in [0.1, 0.15) is 0 Å². The molecule has 96 valence electrons. The van der Waals surface area contributed by atoms with Gasteiger partial charge in [0.15, 0.2) is 0 Å². The van der Waals surface area contributed by atoms with Gasteiger partial charge in [0, 0.05) is 24.0 Å². The Labute approximate surface area is 111 Å².